The SMILES string of the molecule is CCCCN(C1CC1)C(CN)c1cccc(Br)c1. The molecule has 1 atom stereocenters. The van der Waals surface area contributed by atoms with Crippen molar-refractivity contribution in [3.05, 3.63) is 34.3 Å². The molecular formula is C15H23BrN2. The maximum Gasteiger partial charge on any atom is 0.0473 e. The number of benzene rings is 1. The van der Waals surface area contributed by atoms with Crippen molar-refractivity contribution >= 4 is 15.9 Å². The molecule has 0 spiro atoms. The van der Waals surface area contributed by atoms with Crippen LogP contribution in [0.1, 0.15) is 44.2 Å². The van der Waals surface area contributed by atoms with Crippen LogP contribution >= 0.6 is 15.9 Å². The number of nitrogens with zero attached hydrogens (tertiary/aromatic N) is 1. The Hall–Kier alpha value is -0.380. The van der Waals surface area contributed by atoms with Gasteiger partial charge < -0.3 is 5.73 Å². The number of halogens is 1. The lowest BCUT2D eigenvalue weighted by atomic mass is 10.0. The summed E-state index contributed by atoms with van der Waals surface area (Å²) in [6.07, 6.45) is 5.20. The molecule has 1 aromatic rings. The highest BCUT2D eigenvalue weighted by molar-refractivity contribution is 9.10. The number of unbranched alkanes of at least 4 members (excludes halogenated alkanes) is 1. The van der Waals surface area contributed by atoms with Crippen molar-refractivity contribution in [3.8, 4) is 0 Å². The smallest absolute Gasteiger partial charge is 0.0473 e. The summed E-state index contributed by atoms with van der Waals surface area (Å²) in [5.74, 6) is 0. The summed E-state index contributed by atoms with van der Waals surface area (Å²) in [7, 11) is 0. The Kier molecular flexibility index (Phi) is 5.22. The third-order valence-electron chi connectivity index (χ3n) is 3.64. The number of hydrogen-bond acceptors (Lipinski definition) is 2. The molecule has 1 unspecified atom stereocenters. The topological polar surface area (TPSA) is 29.3 Å². The van der Waals surface area contributed by atoms with E-state index in [2.05, 4.69) is 52.0 Å². The van der Waals surface area contributed by atoms with E-state index in [4.69, 9.17) is 5.73 Å². The molecule has 1 aliphatic carbocycles. The Morgan fingerprint density at radius 3 is 2.78 bits per heavy atom. The van der Waals surface area contributed by atoms with Gasteiger partial charge in [-0.2, -0.15) is 0 Å². The summed E-state index contributed by atoms with van der Waals surface area (Å²) in [4.78, 5) is 2.62. The monoisotopic (exact) mass is 310 g/mol. The highest BCUT2D eigenvalue weighted by Crippen LogP contribution is 2.34. The van der Waals surface area contributed by atoms with Crippen LogP contribution in [0.5, 0.6) is 0 Å². The van der Waals surface area contributed by atoms with Gasteiger partial charge in [-0.25, -0.2) is 0 Å². The maximum atomic E-state index is 6.04. The molecule has 3 heteroatoms. The molecule has 18 heavy (non-hydrogen) atoms. The van der Waals surface area contributed by atoms with Gasteiger partial charge in [0.1, 0.15) is 0 Å². The van der Waals surface area contributed by atoms with Crippen molar-refractivity contribution < 1.29 is 0 Å². The van der Waals surface area contributed by atoms with Crippen molar-refractivity contribution in [3.63, 3.8) is 0 Å². The van der Waals surface area contributed by atoms with Crippen LogP contribution in [0.25, 0.3) is 0 Å². The van der Waals surface area contributed by atoms with Crippen LogP contribution in [0.4, 0.5) is 0 Å². The zero-order valence-electron chi connectivity index (χ0n) is 11.1. The van der Waals surface area contributed by atoms with Crippen molar-refractivity contribution in [2.75, 3.05) is 13.1 Å². The molecule has 0 amide bonds. The minimum atomic E-state index is 0.376. The van der Waals surface area contributed by atoms with E-state index in [-0.39, 0.29) is 0 Å². The third-order valence-corrected chi connectivity index (χ3v) is 4.14. The van der Waals surface area contributed by atoms with Crippen molar-refractivity contribution in [1.29, 1.82) is 0 Å². The van der Waals surface area contributed by atoms with Crippen molar-refractivity contribution in [1.82, 2.24) is 4.90 Å². The first-order chi connectivity index (χ1) is 8.76. The highest BCUT2D eigenvalue weighted by atomic mass is 79.9. The van der Waals surface area contributed by atoms with Crippen LogP contribution < -0.4 is 5.73 Å². The van der Waals surface area contributed by atoms with E-state index in [1.165, 1.54) is 37.8 Å². The molecule has 2 rings (SSSR count). The minimum absolute atomic E-state index is 0.376. The first kappa shape index (κ1) is 14.0. The average Bonchev–Trinajstić information content (AvgIpc) is 3.18. The molecule has 0 saturated heterocycles. The van der Waals surface area contributed by atoms with E-state index in [9.17, 15) is 0 Å². The second kappa shape index (κ2) is 6.69. The minimum Gasteiger partial charge on any atom is -0.329 e. The van der Waals surface area contributed by atoms with E-state index in [1.54, 1.807) is 0 Å². The number of hydrogen-bond donors (Lipinski definition) is 1. The molecule has 1 aliphatic rings. The molecule has 0 aliphatic heterocycles. The van der Waals surface area contributed by atoms with E-state index in [1.807, 2.05) is 0 Å². The summed E-state index contributed by atoms with van der Waals surface area (Å²) >= 11 is 3.55. The molecule has 1 aromatic carbocycles. The molecule has 0 radical (unpaired) electrons. The van der Waals surface area contributed by atoms with E-state index < -0.39 is 0 Å². The van der Waals surface area contributed by atoms with Gasteiger partial charge in [-0.3, -0.25) is 4.90 Å². The summed E-state index contributed by atoms with van der Waals surface area (Å²) in [5, 5.41) is 0. The second-order valence-electron chi connectivity index (χ2n) is 5.13. The zero-order valence-corrected chi connectivity index (χ0v) is 12.7. The van der Waals surface area contributed by atoms with Crippen LogP contribution in [0.15, 0.2) is 28.7 Å². The molecule has 0 bridgehead atoms. The Morgan fingerprint density at radius 1 is 1.44 bits per heavy atom. The molecule has 2 N–H and O–H groups in total. The van der Waals surface area contributed by atoms with Gasteiger partial charge >= 0.3 is 0 Å². The van der Waals surface area contributed by atoms with Crippen LogP contribution in [0.2, 0.25) is 0 Å². The van der Waals surface area contributed by atoms with Gasteiger partial charge in [0.2, 0.25) is 0 Å². The van der Waals surface area contributed by atoms with E-state index in [0.717, 1.165) is 10.5 Å². The third kappa shape index (κ3) is 3.56. The van der Waals surface area contributed by atoms with Crippen molar-refractivity contribution in [2.45, 2.75) is 44.7 Å². The Balaban J connectivity index is 2.13. The number of rotatable bonds is 7. The highest BCUT2D eigenvalue weighted by Gasteiger charge is 2.33. The summed E-state index contributed by atoms with van der Waals surface area (Å²) in [5.41, 5.74) is 7.38. The fourth-order valence-corrected chi connectivity index (χ4v) is 2.93. The van der Waals surface area contributed by atoms with Gasteiger partial charge in [0.15, 0.2) is 0 Å². The van der Waals surface area contributed by atoms with Gasteiger partial charge in [0.05, 0.1) is 0 Å². The number of nitrogens with two attached hydrogens (primary N) is 1. The Bertz CT molecular complexity index is 377. The first-order valence-corrected chi connectivity index (χ1v) is 7.76. The average molecular weight is 311 g/mol. The van der Waals surface area contributed by atoms with Gasteiger partial charge in [-0.05, 0) is 43.5 Å². The summed E-state index contributed by atoms with van der Waals surface area (Å²) in [6.45, 7) is 4.13. The van der Waals surface area contributed by atoms with E-state index in [0.29, 0.717) is 12.6 Å². The largest absolute Gasteiger partial charge is 0.329 e. The fourth-order valence-electron chi connectivity index (χ4n) is 2.52. The van der Waals surface area contributed by atoms with Gasteiger partial charge in [0.25, 0.3) is 0 Å². The van der Waals surface area contributed by atoms with Crippen molar-refractivity contribution in [2.24, 2.45) is 5.73 Å². The molecular weight excluding hydrogens is 288 g/mol. The van der Waals surface area contributed by atoms with Gasteiger partial charge in [-0.15, -0.1) is 0 Å². The molecule has 1 saturated carbocycles. The standard InChI is InChI=1S/C15H23BrN2/c1-2-3-9-18(14-7-8-14)15(11-17)12-5-4-6-13(16)10-12/h4-6,10,14-15H,2-3,7-9,11,17H2,1H3. The molecule has 0 heterocycles. The Labute approximate surface area is 119 Å². The molecule has 100 valence electrons. The quantitative estimate of drug-likeness (QED) is 0.831. The zero-order chi connectivity index (χ0) is 13.0. The first-order valence-electron chi connectivity index (χ1n) is 6.97. The summed E-state index contributed by atoms with van der Waals surface area (Å²) in [6, 6.07) is 9.73. The van der Waals surface area contributed by atoms with Crippen LogP contribution in [0, 0.1) is 0 Å². The predicted molar refractivity (Wildman–Crippen MR) is 80.6 cm³/mol. The Morgan fingerprint density at radius 2 is 2.22 bits per heavy atom. The lowest BCUT2D eigenvalue weighted by Crippen LogP contribution is -2.36. The lowest BCUT2D eigenvalue weighted by molar-refractivity contribution is 0.188. The molecule has 2 nitrogen and oxygen atoms in total. The fraction of sp³-hybridized carbons (Fsp3) is 0.600. The van der Waals surface area contributed by atoms with Gasteiger partial charge in [0, 0.05) is 23.1 Å². The normalized spacial score (nSPS) is 17.1. The predicted octanol–water partition coefficient (Wildman–Crippen LogP) is 3.71. The second-order valence-corrected chi connectivity index (χ2v) is 6.04. The van der Waals surface area contributed by atoms with Gasteiger partial charge in [-0.1, -0.05) is 41.4 Å². The van der Waals surface area contributed by atoms with Crippen LogP contribution in [-0.4, -0.2) is 24.0 Å². The molecule has 1 fully saturated rings. The lowest BCUT2D eigenvalue weighted by Gasteiger charge is -2.31. The summed E-state index contributed by atoms with van der Waals surface area (Å²) < 4.78 is 1.14. The maximum absolute atomic E-state index is 6.04. The van der Waals surface area contributed by atoms with E-state index >= 15 is 0 Å². The molecule has 0 aromatic heterocycles. The van der Waals surface area contributed by atoms with Crippen LogP contribution in [0.3, 0.4) is 0 Å². The van der Waals surface area contributed by atoms with Crippen LogP contribution in [-0.2, 0) is 0 Å².